The number of anilines is 1. The van der Waals surface area contributed by atoms with E-state index >= 15 is 0 Å². The maximum absolute atomic E-state index is 13.7. The lowest BCUT2D eigenvalue weighted by Gasteiger charge is -2.19. The number of hydrogen-bond donors (Lipinski definition) is 1. The van der Waals surface area contributed by atoms with Gasteiger partial charge in [-0.25, -0.2) is 4.39 Å². The molecule has 0 aliphatic carbocycles. The molecule has 1 aliphatic rings. The van der Waals surface area contributed by atoms with E-state index in [0.29, 0.717) is 18.5 Å². The highest BCUT2D eigenvalue weighted by Crippen LogP contribution is 2.29. The van der Waals surface area contributed by atoms with Gasteiger partial charge in [0.15, 0.2) is 11.4 Å². The molecule has 1 aliphatic heterocycles. The number of halogens is 4. The second kappa shape index (κ2) is 7.26. The molecule has 3 aromatic rings. The van der Waals surface area contributed by atoms with Crippen molar-refractivity contribution in [1.82, 2.24) is 9.88 Å². The molecule has 0 unspecified atom stereocenters. The van der Waals surface area contributed by atoms with Gasteiger partial charge in [-0.15, -0.1) is 13.2 Å². The third-order valence-electron chi connectivity index (χ3n) is 4.51. The summed E-state index contributed by atoms with van der Waals surface area (Å²) in [5.74, 6) is -1.65. The van der Waals surface area contributed by atoms with Gasteiger partial charge >= 0.3 is 6.36 Å². The smallest absolute Gasteiger partial charge is 0.420 e. The number of oxazole rings is 1. The summed E-state index contributed by atoms with van der Waals surface area (Å²) in [7, 11) is 0. The summed E-state index contributed by atoms with van der Waals surface area (Å²) in [5, 5.41) is 3.00. The van der Waals surface area contributed by atoms with Gasteiger partial charge in [0.25, 0.3) is 11.9 Å². The average molecular weight is 409 g/mol. The van der Waals surface area contributed by atoms with Crippen LogP contribution in [0.2, 0.25) is 0 Å². The highest BCUT2D eigenvalue weighted by atomic mass is 19.4. The van der Waals surface area contributed by atoms with Gasteiger partial charge in [-0.1, -0.05) is 18.2 Å². The Morgan fingerprint density at radius 3 is 2.76 bits per heavy atom. The Balaban J connectivity index is 1.46. The van der Waals surface area contributed by atoms with Crippen LogP contribution < -0.4 is 10.1 Å². The number of hydrogen-bond acceptors (Lipinski definition) is 5. The van der Waals surface area contributed by atoms with Crippen molar-refractivity contribution in [3.05, 3.63) is 53.8 Å². The Morgan fingerprint density at radius 1 is 1.21 bits per heavy atom. The molecule has 0 saturated carbocycles. The number of aromatic nitrogens is 1. The minimum Gasteiger partial charge on any atom is -0.420 e. The van der Waals surface area contributed by atoms with Crippen LogP contribution in [-0.4, -0.2) is 41.3 Å². The van der Waals surface area contributed by atoms with E-state index in [9.17, 15) is 22.4 Å². The van der Waals surface area contributed by atoms with Crippen molar-refractivity contribution >= 4 is 23.0 Å². The van der Waals surface area contributed by atoms with Gasteiger partial charge in [-0.05, 0) is 30.7 Å². The number of amides is 1. The number of likely N-dealkylation sites (tertiary alicyclic amines) is 1. The monoisotopic (exact) mass is 409 g/mol. The predicted octanol–water partition coefficient (Wildman–Crippen LogP) is 4.19. The highest BCUT2D eigenvalue weighted by molar-refractivity contribution is 5.97. The van der Waals surface area contributed by atoms with E-state index in [1.807, 2.05) is 0 Å². The van der Waals surface area contributed by atoms with E-state index in [0.717, 1.165) is 6.07 Å². The number of nitrogens with one attached hydrogen (secondary N) is 1. The van der Waals surface area contributed by atoms with Crippen LogP contribution in [0.1, 0.15) is 16.8 Å². The number of ether oxygens (including phenoxy) is 1. The molecule has 1 fully saturated rings. The van der Waals surface area contributed by atoms with Crippen LogP contribution in [0.15, 0.2) is 46.9 Å². The molecule has 2 heterocycles. The Kier molecular flexibility index (Phi) is 4.77. The summed E-state index contributed by atoms with van der Waals surface area (Å²) >= 11 is 0. The van der Waals surface area contributed by atoms with E-state index in [1.54, 1.807) is 6.07 Å². The Hall–Kier alpha value is -3.30. The predicted molar refractivity (Wildman–Crippen MR) is 95.0 cm³/mol. The third-order valence-corrected chi connectivity index (χ3v) is 4.51. The van der Waals surface area contributed by atoms with Gasteiger partial charge in [0, 0.05) is 19.1 Å². The van der Waals surface area contributed by atoms with Crippen molar-refractivity contribution in [3.63, 3.8) is 0 Å². The third kappa shape index (κ3) is 4.10. The molecule has 1 amide bonds. The largest absolute Gasteiger partial charge is 0.573 e. The van der Waals surface area contributed by atoms with Gasteiger partial charge in [0.05, 0.1) is 5.56 Å². The van der Waals surface area contributed by atoms with E-state index in [-0.39, 0.29) is 29.7 Å². The van der Waals surface area contributed by atoms with Crippen molar-refractivity contribution in [2.45, 2.75) is 18.8 Å². The number of fused-ring (bicyclic) bond motifs is 1. The molecular formula is C19H15F4N3O3. The van der Waals surface area contributed by atoms with E-state index in [4.69, 9.17) is 4.42 Å². The van der Waals surface area contributed by atoms with Gasteiger partial charge < -0.3 is 19.4 Å². The topological polar surface area (TPSA) is 67.6 Å². The highest BCUT2D eigenvalue weighted by Gasteiger charge is 2.34. The van der Waals surface area contributed by atoms with Crippen LogP contribution in [-0.2, 0) is 0 Å². The number of nitrogens with zero attached hydrogens (tertiary/aromatic N) is 2. The molecule has 0 spiro atoms. The molecule has 1 aromatic heterocycles. The van der Waals surface area contributed by atoms with Crippen LogP contribution in [0.4, 0.5) is 23.6 Å². The van der Waals surface area contributed by atoms with Gasteiger partial charge in [0.1, 0.15) is 11.3 Å². The van der Waals surface area contributed by atoms with Crippen LogP contribution in [0.5, 0.6) is 5.75 Å². The van der Waals surface area contributed by atoms with Crippen molar-refractivity contribution in [2.75, 3.05) is 18.4 Å². The molecule has 4 rings (SSSR count). The second-order valence-electron chi connectivity index (χ2n) is 6.53. The zero-order valence-corrected chi connectivity index (χ0v) is 14.9. The van der Waals surface area contributed by atoms with Crippen molar-refractivity contribution in [1.29, 1.82) is 0 Å². The SMILES string of the molecule is O=C(c1ccccc1OC(F)(F)F)N1CC[C@@H](Nc2nc3cccc(F)c3o2)C1. The first-order valence-corrected chi connectivity index (χ1v) is 8.76. The first kappa shape index (κ1) is 19.0. The first-order chi connectivity index (χ1) is 13.8. The molecule has 2 aromatic carbocycles. The molecular weight excluding hydrogens is 394 g/mol. The zero-order chi connectivity index (χ0) is 20.6. The van der Waals surface area contributed by atoms with Gasteiger partial charge in [-0.2, -0.15) is 4.98 Å². The number of rotatable bonds is 4. The van der Waals surface area contributed by atoms with Crippen molar-refractivity contribution in [2.24, 2.45) is 0 Å². The number of benzene rings is 2. The van der Waals surface area contributed by atoms with Gasteiger partial charge in [-0.3, -0.25) is 4.79 Å². The van der Waals surface area contributed by atoms with Crippen LogP contribution >= 0.6 is 0 Å². The molecule has 10 heteroatoms. The quantitative estimate of drug-likeness (QED) is 0.655. The lowest BCUT2D eigenvalue weighted by atomic mass is 10.2. The van der Waals surface area contributed by atoms with Crippen molar-refractivity contribution in [3.8, 4) is 5.75 Å². The second-order valence-corrected chi connectivity index (χ2v) is 6.53. The maximum Gasteiger partial charge on any atom is 0.573 e. The summed E-state index contributed by atoms with van der Waals surface area (Å²) in [6.45, 7) is 0.547. The number of para-hydroxylation sites is 2. The standard InChI is InChI=1S/C19H15F4N3O3/c20-13-5-3-6-14-16(13)28-18(25-14)24-11-8-9-26(10-11)17(27)12-4-1-2-7-15(12)29-19(21,22)23/h1-7,11H,8-10H2,(H,24,25)/t11-/m1/s1. The molecule has 152 valence electrons. The molecule has 0 bridgehead atoms. The normalized spacial score (nSPS) is 17.0. The molecule has 1 N–H and O–H groups in total. The Morgan fingerprint density at radius 2 is 2.00 bits per heavy atom. The maximum atomic E-state index is 13.7. The van der Waals surface area contributed by atoms with Gasteiger partial charge in [0.2, 0.25) is 0 Å². The molecule has 1 saturated heterocycles. The summed E-state index contributed by atoms with van der Waals surface area (Å²) in [6, 6.07) is 9.46. The number of carbonyl (C=O) groups excluding carboxylic acids is 1. The fourth-order valence-electron chi connectivity index (χ4n) is 3.24. The van der Waals surface area contributed by atoms with Crippen LogP contribution in [0.25, 0.3) is 11.1 Å². The fraction of sp³-hybridized carbons (Fsp3) is 0.263. The summed E-state index contributed by atoms with van der Waals surface area (Å²) < 4.78 is 60.8. The first-order valence-electron chi connectivity index (χ1n) is 8.76. The zero-order valence-electron chi connectivity index (χ0n) is 14.9. The minimum atomic E-state index is -4.90. The number of carbonyl (C=O) groups is 1. The lowest BCUT2D eigenvalue weighted by Crippen LogP contribution is -2.32. The van der Waals surface area contributed by atoms with Crippen molar-refractivity contribution < 1.29 is 31.5 Å². The summed E-state index contributed by atoms with van der Waals surface area (Å²) in [6.07, 6.45) is -4.37. The molecule has 0 radical (unpaired) electrons. The number of alkyl halides is 3. The van der Waals surface area contributed by atoms with Crippen LogP contribution in [0.3, 0.4) is 0 Å². The average Bonchev–Trinajstić information content (AvgIpc) is 3.28. The lowest BCUT2D eigenvalue weighted by molar-refractivity contribution is -0.274. The Labute approximate surface area is 162 Å². The minimum absolute atomic E-state index is 0.0270. The summed E-state index contributed by atoms with van der Waals surface area (Å²) in [4.78, 5) is 18.3. The van der Waals surface area contributed by atoms with E-state index in [2.05, 4.69) is 15.0 Å². The summed E-state index contributed by atoms with van der Waals surface area (Å²) in [5.41, 5.74) is 0.213. The molecule has 1 atom stereocenters. The van der Waals surface area contributed by atoms with Crippen LogP contribution in [0, 0.1) is 5.82 Å². The van der Waals surface area contributed by atoms with E-state index < -0.39 is 23.8 Å². The molecule has 6 nitrogen and oxygen atoms in total. The van der Waals surface area contributed by atoms with E-state index in [1.165, 1.54) is 35.2 Å². The fourth-order valence-corrected chi connectivity index (χ4v) is 3.24. The Bertz CT molecular complexity index is 1050. The molecule has 29 heavy (non-hydrogen) atoms.